The first-order valence-corrected chi connectivity index (χ1v) is 13.6. The van der Waals surface area contributed by atoms with Crippen LogP contribution in [0.5, 0.6) is 0 Å². The SMILES string of the molecule is CNS(=O)(=O)c1ccc(SC)c(Cc2cc(Cc3ccc(N4CCNCC4)cc3)ncn2)c1. The molecule has 9 heteroatoms. The van der Waals surface area contributed by atoms with E-state index in [1.807, 2.05) is 18.4 Å². The number of sulfonamides is 1. The number of nitrogens with one attached hydrogen (secondary N) is 2. The van der Waals surface area contributed by atoms with Gasteiger partial charge in [-0.1, -0.05) is 12.1 Å². The first kappa shape index (κ1) is 23.7. The number of piperazine rings is 1. The van der Waals surface area contributed by atoms with Crippen LogP contribution in [0.3, 0.4) is 0 Å². The van der Waals surface area contributed by atoms with Gasteiger partial charge in [-0.15, -0.1) is 11.8 Å². The van der Waals surface area contributed by atoms with Crippen molar-refractivity contribution in [2.75, 3.05) is 44.4 Å². The number of rotatable bonds is 8. The fourth-order valence-corrected chi connectivity index (χ4v) is 5.35. The summed E-state index contributed by atoms with van der Waals surface area (Å²) in [6, 6.07) is 15.9. The van der Waals surface area contributed by atoms with Gasteiger partial charge in [-0.05, 0) is 60.8 Å². The minimum atomic E-state index is -3.50. The van der Waals surface area contributed by atoms with Crippen molar-refractivity contribution in [3.8, 4) is 0 Å². The molecule has 4 rings (SSSR count). The number of hydrogen-bond donors (Lipinski definition) is 2. The van der Waals surface area contributed by atoms with Gasteiger partial charge in [0.15, 0.2) is 0 Å². The third-order valence-corrected chi connectivity index (χ3v) is 8.04. The molecule has 0 spiro atoms. The monoisotopic (exact) mass is 483 g/mol. The smallest absolute Gasteiger partial charge is 0.240 e. The van der Waals surface area contributed by atoms with E-state index >= 15 is 0 Å². The summed E-state index contributed by atoms with van der Waals surface area (Å²) < 4.78 is 26.9. The minimum absolute atomic E-state index is 0.261. The van der Waals surface area contributed by atoms with E-state index in [1.54, 1.807) is 30.2 Å². The van der Waals surface area contributed by atoms with Gasteiger partial charge in [0, 0.05) is 61.0 Å². The number of hydrogen-bond acceptors (Lipinski definition) is 7. The van der Waals surface area contributed by atoms with Crippen LogP contribution < -0.4 is 14.9 Å². The summed E-state index contributed by atoms with van der Waals surface area (Å²) in [4.78, 5) is 12.6. The Bertz CT molecular complexity index is 1190. The highest BCUT2D eigenvalue weighted by molar-refractivity contribution is 7.98. The second-order valence-corrected chi connectivity index (χ2v) is 10.7. The van der Waals surface area contributed by atoms with Gasteiger partial charge in [-0.2, -0.15) is 0 Å². The number of benzene rings is 2. The van der Waals surface area contributed by atoms with E-state index in [4.69, 9.17) is 0 Å². The molecule has 174 valence electrons. The van der Waals surface area contributed by atoms with Crippen LogP contribution in [0.4, 0.5) is 5.69 Å². The lowest BCUT2D eigenvalue weighted by atomic mass is 10.1. The lowest BCUT2D eigenvalue weighted by Gasteiger charge is -2.29. The van der Waals surface area contributed by atoms with Crippen molar-refractivity contribution in [1.82, 2.24) is 20.0 Å². The van der Waals surface area contributed by atoms with Gasteiger partial charge in [0.25, 0.3) is 0 Å². The zero-order valence-electron chi connectivity index (χ0n) is 18.9. The van der Waals surface area contributed by atoms with Crippen LogP contribution in [0.15, 0.2) is 64.6 Å². The molecule has 33 heavy (non-hydrogen) atoms. The highest BCUT2D eigenvalue weighted by atomic mass is 32.2. The summed E-state index contributed by atoms with van der Waals surface area (Å²) in [6.07, 6.45) is 4.84. The summed E-state index contributed by atoms with van der Waals surface area (Å²) in [5, 5.41) is 3.38. The molecule has 3 aromatic rings. The number of thioether (sulfide) groups is 1. The van der Waals surface area contributed by atoms with Crippen molar-refractivity contribution in [2.45, 2.75) is 22.6 Å². The van der Waals surface area contributed by atoms with E-state index in [0.29, 0.717) is 6.42 Å². The van der Waals surface area contributed by atoms with Gasteiger partial charge in [0.05, 0.1) is 4.90 Å². The molecule has 0 radical (unpaired) electrons. The Morgan fingerprint density at radius 3 is 2.36 bits per heavy atom. The fraction of sp³-hybridized carbons (Fsp3) is 0.333. The molecule has 0 saturated carbocycles. The fourth-order valence-electron chi connectivity index (χ4n) is 3.97. The predicted octanol–water partition coefficient (Wildman–Crippen LogP) is 2.70. The van der Waals surface area contributed by atoms with Crippen molar-refractivity contribution in [2.24, 2.45) is 0 Å². The highest BCUT2D eigenvalue weighted by Gasteiger charge is 2.15. The molecule has 1 aromatic heterocycles. The highest BCUT2D eigenvalue weighted by Crippen LogP contribution is 2.26. The third kappa shape index (κ3) is 5.92. The van der Waals surface area contributed by atoms with Crippen LogP contribution in [-0.2, 0) is 22.9 Å². The topological polar surface area (TPSA) is 87.2 Å². The Balaban J connectivity index is 1.50. The van der Waals surface area contributed by atoms with Crippen molar-refractivity contribution >= 4 is 27.5 Å². The van der Waals surface area contributed by atoms with Crippen molar-refractivity contribution < 1.29 is 8.42 Å². The molecule has 0 amide bonds. The van der Waals surface area contributed by atoms with Crippen LogP contribution in [0, 0.1) is 0 Å². The molecule has 0 bridgehead atoms. The Labute approximate surface area is 200 Å². The van der Waals surface area contributed by atoms with Gasteiger partial charge in [-0.25, -0.2) is 23.1 Å². The lowest BCUT2D eigenvalue weighted by Crippen LogP contribution is -2.43. The standard InChI is InChI=1S/C24H29N5O2S2/c1-25-33(30,31)23-7-8-24(32-2)19(15-23)14-21-16-20(27-17-28-21)13-18-3-5-22(6-4-18)29-11-9-26-10-12-29/h3-8,15-17,25-26H,9-14H2,1-2H3. The van der Waals surface area contributed by atoms with E-state index in [-0.39, 0.29) is 4.90 Å². The van der Waals surface area contributed by atoms with Crippen LogP contribution in [0.2, 0.25) is 0 Å². The van der Waals surface area contributed by atoms with Gasteiger partial charge >= 0.3 is 0 Å². The molecular weight excluding hydrogens is 454 g/mol. The molecule has 0 aliphatic carbocycles. The average Bonchev–Trinajstić information content (AvgIpc) is 2.85. The molecule has 2 heterocycles. The van der Waals surface area contributed by atoms with E-state index in [1.165, 1.54) is 18.3 Å². The van der Waals surface area contributed by atoms with Gasteiger partial charge in [0.1, 0.15) is 6.33 Å². The second kappa shape index (κ2) is 10.6. The van der Waals surface area contributed by atoms with E-state index in [0.717, 1.165) is 54.4 Å². The Morgan fingerprint density at radius 2 is 1.70 bits per heavy atom. The maximum Gasteiger partial charge on any atom is 0.240 e. The lowest BCUT2D eigenvalue weighted by molar-refractivity contribution is 0.588. The molecule has 1 saturated heterocycles. The van der Waals surface area contributed by atoms with Crippen LogP contribution in [0.1, 0.15) is 22.5 Å². The Hall–Kier alpha value is -2.46. The molecule has 2 aromatic carbocycles. The molecular formula is C24H29N5O2S2. The Kier molecular flexibility index (Phi) is 7.64. The zero-order chi connectivity index (χ0) is 23.3. The molecule has 1 aliphatic heterocycles. The second-order valence-electron chi connectivity index (χ2n) is 7.94. The van der Waals surface area contributed by atoms with Crippen LogP contribution in [-0.4, -0.2) is 57.9 Å². The molecule has 0 atom stereocenters. The largest absolute Gasteiger partial charge is 0.369 e. The summed E-state index contributed by atoms with van der Waals surface area (Å²) in [5.74, 6) is 0. The molecule has 0 unspecified atom stereocenters. The van der Waals surface area contributed by atoms with E-state index in [9.17, 15) is 8.42 Å². The van der Waals surface area contributed by atoms with Crippen LogP contribution in [0.25, 0.3) is 0 Å². The normalized spacial score (nSPS) is 14.4. The summed E-state index contributed by atoms with van der Waals surface area (Å²) >= 11 is 1.59. The van der Waals surface area contributed by atoms with E-state index in [2.05, 4.69) is 49.2 Å². The quantitative estimate of drug-likeness (QED) is 0.477. The molecule has 1 aliphatic rings. The minimum Gasteiger partial charge on any atom is -0.369 e. The first-order valence-electron chi connectivity index (χ1n) is 10.9. The summed E-state index contributed by atoms with van der Waals surface area (Å²) in [5.41, 5.74) is 5.20. The number of anilines is 1. The van der Waals surface area contributed by atoms with E-state index < -0.39 is 10.0 Å². The van der Waals surface area contributed by atoms with Crippen molar-refractivity contribution in [3.63, 3.8) is 0 Å². The third-order valence-electron chi connectivity index (χ3n) is 5.79. The number of aromatic nitrogens is 2. The van der Waals surface area contributed by atoms with Crippen LogP contribution >= 0.6 is 11.8 Å². The van der Waals surface area contributed by atoms with Gasteiger partial charge in [0.2, 0.25) is 10.0 Å². The molecule has 7 nitrogen and oxygen atoms in total. The van der Waals surface area contributed by atoms with Gasteiger partial charge in [-0.3, -0.25) is 0 Å². The average molecular weight is 484 g/mol. The number of nitrogens with zero attached hydrogens (tertiary/aromatic N) is 3. The summed E-state index contributed by atoms with van der Waals surface area (Å²) in [7, 11) is -2.08. The van der Waals surface area contributed by atoms with Crippen molar-refractivity contribution in [3.05, 3.63) is 77.4 Å². The molecule has 2 N–H and O–H groups in total. The zero-order valence-corrected chi connectivity index (χ0v) is 20.5. The maximum atomic E-state index is 12.2. The maximum absolute atomic E-state index is 12.2. The van der Waals surface area contributed by atoms with Gasteiger partial charge < -0.3 is 10.2 Å². The summed E-state index contributed by atoms with van der Waals surface area (Å²) in [6.45, 7) is 4.11. The predicted molar refractivity (Wildman–Crippen MR) is 134 cm³/mol. The molecule has 1 fully saturated rings. The first-order chi connectivity index (χ1) is 16.0. The Morgan fingerprint density at radius 1 is 1.00 bits per heavy atom. The van der Waals surface area contributed by atoms with Crippen molar-refractivity contribution in [1.29, 1.82) is 0 Å².